The fourth-order valence-electron chi connectivity index (χ4n) is 3.89. The smallest absolute Gasteiger partial charge is 0.407 e. The van der Waals surface area contributed by atoms with Gasteiger partial charge < -0.3 is 19.5 Å². The zero-order valence-electron chi connectivity index (χ0n) is 18.1. The summed E-state index contributed by atoms with van der Waals surface area (Å²) in [5, 5.41) is 2.60. The summed E-state index contributed by atoms with van der Waals surface area (Å²) < 4.78 is 16.2. The fraction of sp³-hybridized carbons (Fsp3) is 0.417. The number of carbonyl (C=O) groups excluding carboxylic acids is 2. The molecule has 1 aliphatic rings. The number of esters is 1. The Bertz CT molecular complexity index is 872. The van der Waals surface area contributed by atoms with Gasteiger partial charge in [-0.3, -0.25) is 0 Å². The maximum absolute atomic E-state index is 12.5. The number of rotatable bonds is 6. The van der Waals surface area contributed by atoms with Crippen molar-refractivity contribution in [3.8, 4) is 11.1 Å². The molecule has 2 aromatic rings. The molecule has 2 aromatic carbocycles. The van der Waals surface area contributed by atoms with E-state index in [4.69, 9.17) is 14.2 Å². The Hall–Kier alpha value is -2.86. The van der Waals surface area contributed by atoms with Gasteiger partial charge in [-0.05, 0) is 49.9 Å². The molecule has 0 heterocycles. The number of amides is 1. The Morgan fingerprint density at radius 3 is 2.03 bits per heavy atom. The van der Waals surface area contributed by atoms with Crippen LogP contribution in [0.25, 0.3) is 11.1 Å². The van der Waals surface area contributed by atoms with Crippen molar-refractivity contribution >= 4 is 12.1 Å². The van der Waals surface area contributed by atoms with Gasteiger partial charge in [-0.25, -0.2) is 9.59 Å². The molecule has 0 fully saturated rings. The van der Waals surface area contributed by atoms with Crippen LogP contribution in [0.4, 0.5) is 4.79 Å². The monoisotopic (exact) mass is 411 g/mol. The van der Waals surface area contributed by atoms with Crippen LogP contribution in [0.2, 0.25) is 0 Å². The van der Waals surface area contributed by atoms with E-state index in [2.05, 4.69) is 29.6 Å². The van der Waals surface area contributed by atoms with E-state index in [1.54, 1.807) is 6.92 Å². The molecule has 1 N–H and O–H groups in total. The quantitative estimate of drug-likeness (QED) is 0.719. The molecule has 0 unspecified atom stereocenters. The van der Waals surface area contributed by atoms with Gasteiger partial charge in [0.1, 0.15) is 6.61 Å². The Morgan fingerprint density at radius 2 is 1.53 bits per heavy atom. The molecule has 6 nitrogen and oxygen atoms in total. The maximum atomic E-state index is 12.5. The summed E-state index contributed by atoms with van der Waals surface area (Å²) in [6, 6.07) is 15.3. The fourth-order valence-corrected chi connectivity index (χ4v) is 3.89. The molecule has 0 spiro atoms. The van der Waals surface area contributed by atoms with Crippen LogP contribution in [0, 0.1) is 0 Å². The van der Waals surface area contributed by atoms with E-state index < -0.39 is 29.8 Å². The average Bonchev–Trinajstić information content (AvgIpc) is 3.02. The van der Waals surface area contributed by atoms with E-state index in [9.17, 15) is 9.59 Å². The highest BCUT2D eigenvalue weighted by Gasteiger charge is 2.33. The van der Waals surface area contributed by atoms with Gasteiger partial charge in [0.05, 0.1) is 18.8 Å². The van der Waals surface area contributed by atoms with Crippen molar-refractivity contribution in [2.75, 3.05) is 13.7 Å². The van der Waals surface area contributed by atoms with Crippen LogP contribution in [0.1, 0.15) is 44.7 Å². The number of hydrogen-bond donors (Lipinski definition) is 1. The van der Waals surface area contributed by atoms with Crippen LogP contribution in [0.15, 0.2) is 48.5 Å². The topological polar surface area (TPSA) is 73.9 Å². The first-order valence-electron chi connectivity index (χ1n) is 10.1. The van der Waals surface area contributed by atoms with Crippen molar-refractivity contribution in [3.05, 3.63) is 59.7 Å². The second kappa shape index (κ2) is 8.88. The van der Waals surface area contributed by atoms with Crippen molar-refractivity contribution < 1.29 is 23.8 Å². The molecule has 2 atom stereocenters. The minimum Gasteiger partial charge on any atom is -0.467 e. The highest BCUT2D eigenvalue weighted by molar-refractivity contribution is 5.82. The van der Waals surface area contributed by atoms with Crippen molar-refractivity contribution in [1.82, 2.24) is 5.32 Å². The van der Waals surface area contributed by atoms with Gasteiger partial charge in [0.15, 0.2) is 6.04 Å². The van der Waals surface area contributed by atoms with Crippen LogP contribution in [-0.2, 0) is 19.0 Å². The predicted molar refractivity (Wildman–Crippen MR) is 114 cm³/mol. The van der Waals surface area contributed by atoms with E-state index in [0.29, 0.717) is 0 Å². The third kappa shape index (κ3) is 4.82. The molecular weight excluding hydrogens is 382 g/mol. The summed E-state index contributed by atoms with van der Waals surface area (Å²) in [6.45, 7) is 7.53. The van der Waals surface area contributed by atoms with Gasteiger partial charge >= 0.3 is 12.1 Å². The lowest BCUT2D eigenvalue weighted by Gasteiger charge is -2.29. The van der Waals surface area contributed by atoms with Crippen molar-refractivity contribution in [2.24, 2.45) is 0 Å². The normalized spacial score (nSPS) is 15.0. The molecule has 0 saturated carbocycles. The van der Waals surface area contributed by atoms with Crippen molar-refractivity contribution in [1.29, 1.82) is 0 Å². The lowest BCUT2D eigenvalue weighted by atomic mass is 9.98. The number of ether oxygens (including phenoxy) is 3. The molecule has 0 radical (unpaired) electrons. The number of fused-ring (bicyclic) bond motifs is 3. The molecule has 0 saturated heterocycles. The van der Waals surface area contributed by atoms with Crippen LogP contribution in [-0.4, -0.2) is 43.5 Å². The molecule has 30 heavy (non-hydrogen) atoms. The Labute approximate surface area is 177 Å². The lowest BCUT2D eigenvalue weighted by molar-refractivity contribution is -0.150. The van der Waals surface area contributed by atoms with Gasteiger partial charge in [-0.15, -0.1) is 0 Å². The number of benzene rings is 2. The first-order valence-corrected chi connectivity index (χ1v) is 10.1. The molecule has 6 heteroatoms. The minimum atomic E-state index is -0.968. The maximum Gasteiger partial charge on any atom is 0.407 e. The van der Waals surface area contributed by atoms with E-state index >= 15 is 0 Å². The third-order valence-electron chi connectivity index (χ3n) is 5.08. The van der Waals surface area contributed by atoms with Gasteiger partial charge in [0.2, 0.25) is 0 Å². The van der Waals surface area contributed by atoms with Crippen LogP contribution in [0.5, 0.6) is 0 Å². The largest absolute Gasteiger partial charge is 0.467 e. The van der Waals surface area contributed by atoms with Crippen LogP contribution in [0.3, 0.4) is 0 Å². The summed E-state index contributed by atoms with van der Waals surface area (Å²) >= 11 is 0. The summed E-state index contributed by atoms with van der Waals surface area (Å²) in [5.74, 6) is -0.636. The van der Waals surface area contributed by atoms with E-state index in [0.717, 1.165) is 22.3 Å². The highest BCUT2D eigenvalue weighted by Crippen LogP contribution is 2.44. The predicted octanol–water partition coefficient (Wildman–Crippen LogP) is 4.27. The molecule has 0 aliphatic heterocycles. The highest BCUT2D eigenvalue weighted by atomic mass is 16.6. The Kier molecular flexibility index (Phi) is 6.46. The van der Waals surface area contributed by atoms with E-state index in [1.165, 1.54) is 7.11 Å². The van der Waals surface area contributed by atoms with Gasteiger partial charge in [0.25, 0.3) is 0 Å². The molecule has 3 rings (SSSR count). The molecule has 0 bridgehead atoms. The van der Waals surface area contributed by atoms with Crippen molar-refractivity contribution in [2.45, 2.75) is 51.4 Å². The standard InChI is InChI=1S/C24H29NO5/c1-15(30-24(2,3)4)21(22(26)28-5)25-23(27)29-14-20-18-12-8-6-10-16(18)17-11-7-9-13-19(17)20/h6-13,15,20-21H,14H2,1-5H3,(H,25,27)/t15-,21-/m0/s1. The summed E-state index contributed by atoms with van der Waals surface area (Å²) in [6.07, 6.45) is -1.27. The molecule has 160 valence electrons. The second-order valence-electron chi connectivity index (χ2n) is 8.41. The number of hydrogen-bond acceptors (Lipinski definition) is 5. The lowest BCUT2D eigenvalue weighted by Crippen LogP contribution is -2.51. The van der Waals surface area contributed by atoms with Gasteiger partial charge in [0, 0.05) is 5.92 Å². The van der Waals surface area contributed by atoms with E-state index in [-0.39, 0.29) is 12.5 Å². The molecule has 1 amide bonds. The number of nitrogens with one attached hydrogen (secondary N) is 1. The Morgan fingerprint density at radius 1 is 1.00 bits per heavy atom. The molecule has 1 aliphatic carbocycles. The van der Waals surface area contributed by atoms with Crippen LogP contribution >= 0.6 is 0 Å². The third-order valence-corrected chi connectivity index (χ3v) is 5.08. The first-order chi connectivity index (χ1) is 14.2. The average molecular weight is 411 g/mol. The Balaban J connectivity index is 1.69. The molecular formula is C24H29NO5. The van der Waals surface area contributed by atoms with Gasteiger partial charge in [-0.2, -0.15) is 0 Å². The second-order valence-corrected chi connectivity index (χ2v) is 8.41. The SMILES string of the molecule is COC(=O)[C@@H](NC(=O)OCC1c2ccccc2-c2ccccc21)[C@H](C)OC(C)(C)C. The molecule has 0 aromatic heterocycles. The summed E-state index contributed by atoms with van der Waals surface area (Å²) in [4.78, 5) is 24.7. The zero-order valence-corrected chi connectivity index (χ0v) is 18.1. The van der Waals surface area contributed by atoms with Crippen LogP contribution < -0.4 is 5.32 Å². The zero-order chi connectivity index (χ0) is 21.9. The number of methoxy groups -OCH3 is 1. The van der Waals surface area contributed by atoms with Crippen molar-refractivity contribution in [3.63, 3.8) is 0 Å². The minimum absolute atomic E-state index is 0.0528. The first kappa shape index (κ1) is 21.8. The van der Waals surface area contributed by atoms with E-state index in [1.807, 2.05) is 45.0 Å². The number of alkyl carbamates (subject to hydrolysis) is 1. The summed E-state index contributed by atoms with van der Waals surface area (Å²) in [7, 11) is 1.28. The summed E-state index contributed by atoms with van der Waals surface area (Å²) in [5.41, 5.74) is 4.08. The number of carbonyl (C=O) groups is 2. The van der Waals surface area contributed by atoms with Gasteiger partial charge in [-0.1, -0.05) is 48.5 Å².